The maximum Gasteiger partial charge on any atom is 0.333 e. The average molecular weight is 377 g/mol. The highest BCUT2D eigenvalue weighted by atomic mass is 35.5. The SMILES string of the molecule is CN1CCN(c2ncccc2CNC(=O)NNc2ccc(Cl)nn2)CC1. The van der Waals surface area contributed by atoms with Gasteiger partial charge in [-0.25, -0.2) is 9.78 Å². The molecule has 1 saturated heterocycles. The van der Waals surface area contributed by atoms with Gasteiger partial charge in [0.2, 0.25) is 0 Å². The Kier molecular flexibility index (Phi) is 6.03. The van der Waals surface area contributed by atoms with Crippen molar-refractivity contribution in [3.63, 3.8) is 0 Å². The number of hydrogen-bond acceptors (Lipinski definition) is 7. The van der Waals surface area contributed by atoms with Gasteiger partial charge in [0, 0.05) is 44.5 Å². The van der Waals surface area contributed by atoms with Crippen LogP contribution in [0.25, 0.3) is 0 Å². The smallest absolute Gasteiger partial charge is 0.333 e. The van der Waals surface area contributed by atoms with Gasteiger partial charge in [-0.2, -0.15) is 0 Å². The number of amides is 2. The molecule has 1 aliphatic heterocycles. The zero-order chi connectivity index (χ0) is 18.4. The molecule has 3 N–H and O–H groups in total. The van der Waals surface area contributed by atoms with Crippen LogP contribution < -0.4 is 21.1 Å². The van der Waals surface area contributed by atoms with E-state index < -0.39 is 0 Å². The maximum atomic E-state index is 12.0. The van der Waals surface area contributed by atoms with Crippen molar-refractivity contribution in [3.8, 4) is 0 Å². The largest absolute Gasteiger partial charge is 0.354 e. The number of likely N-dealkylation sites (N-methyl/N-ethyl adjacent to an activating group) is 1. The molecule has 26 heavy (non-hydrogen) atoms. The van der Waals surface area contributed by atoms with E-state index in [0.29, 0.717) is 12.4 Å². The van der Waals surface area contributed by atoms with Crippen molar-refractivity contribution < 1.29 is 4.79 Å². The second kappa shape index (κ2) is 8.63. The van der Waals surface area contributed by atoms with Gasteiger partial charge in [0.25, 0.3) is 0 Å². The number of hydrazine groups is 1. The number of nitrogens with zero attached hydrogens (tertiary/aromatic N) is 5. The number of hydrogen-bond donors (Lipinski definition) is 3. The molecule has 2 aromatic heterocycles. The van der Waals surface area contributed by atoms with Gasteiger partial charge in [0.1, 0.15) is 5.82 Å². The molecule has 0 saturated carbocycles. The van der Waals surface area contributed by atoms with Crippen LogP contribution >= 0.6 is 11.6 Å². The van der Waals surface area contributed by atoms with Gasteiger partial charge in [-0.3, -0.25) is 10.9 Å². The van der Waals surface area contributed by atoms with E-state index in [0.717, 1.165) is 37.6 Å². The molecule has 2 amide bonds. The average Bonchev–Trinajstić information content (AvgIpc) is 2.67. The molecule has 0 bridgehead atoms. The third-order valence-corrected chi connectivity index (χ3v) is 4.25. The molecule has 0 atom stereocenters. The summed E-state index contributed by atoms with van der Waals surface area (Å²) in [6.07, 6.45) is 1.78. The Morgan fingerprint density at radius 2 is 2.00 bits per heavy atom. The van der Waals surface area contributed by atoms with Crippen LogP contribution in [0.15, 0.2) is 30.5 Å². The van der Waals surface area contributed by atoms with Crippen molar-refractivity contribution in [3.05, 3.63) is 41.2 Å². The van der Waals surface area contributed by atoms with Crippen molar-refractivity contribution in [2.45, 2.75) is 6.54 Å². The van der Waals surface area contributed by atoms with Crippen LogP contribution in [-0.2, 0) is 6.54 Å². The Labute approximate surface area is 156 Å². The standard InChI is InChI=1S/C16H21ClN8O/c1-24-7-9-25(10-8-24)15-12(3-2-6-18-15)11-19-16(26)23-22-14-5-4-13(17)20-21-14/h2-6H,7-11H2,1H3,(H,21,22)(H2,19,23,26). The summed E-state index contributed by atoms with van der Waals surface area (Å²) in [7, 11) is 2.11. The number of pyridine rings is 1. The molecule has 0 aliphatic carbocycles. The Bertz CT molecular complexity index is 733. The van der Waals surface area contributed by atoms with Crippen LogP contribution in [0.3, 0.4) is 0 Å². The van der Waals surface area contributed by atoms with E-state index in [1.54, 1.807) is 18.3 Å². The molecule has 138 valence electrons. The van der Waals surface area contributed by atoms with Crippen LogP contribution in [0.1, 0.15) is 5.56 Å². The fourth-order valence-corrected chi connectivity index (χ4v) is 2.70. The van der Waals surface area contributed by atoms with E-state index in [1.807, 2.05) is 12.1 Å². The van der Waals surface area contributed by atoms with Gasteiger partial charge in [-0.05, 0) is 25.2 Å². The second-order valence-electron chi connectivity index (χ2n) is 5.95. The van der Waals surface area contributed by atoms with Gasteiger partial charge < -0.3 is 15.1 Å². The number of rotatable bonds is 5. The number of nitrogens with one attached hydrogen (secondary N) is 3. The lowest BCUT2D eigenvalue weighted by Gasteiger charge is -2.34. The van der Waals surface area contributed by atoms with Gasteiger partial charge in [0.15, 0.2) is 11.0 Å². The molecule has 1 aliphatic rings. The summed E-state index contributed by atoms with van der Waals surface area (Å²) in [5, 5.41) is 10.6. The van der Waals surface area contributed by atoms with E-state index >= 15 is 0 Å². The fourth-order valence-electron chi connectivity index (χ4n) is 2.59. The molecule has 0 aromatic carbocycles. The molecule has 0 radical (unpaired) electrons. The monoisotopic (exact) mass is 376 g/mol. The summed E-state index contributed by atoms with van der Waals surface area (Å²) in [5.41, 5.74) is 6.14. The Hall–Kier alpha value is -2.65. The van der Waals surface area contributed by atoms with Crippen LogP contribution in [0.2, 0.25) is 5.15 Å². The summed E-state index contributed by atoms with van der Waals surface area (Å²) in [5.74, 6) is 1.31. The zero-order valence-corrected chi connectivity index (χ0v) is 15.2. The lowest BCUT2D eigenvalue weighted by atomic mass is 10.2. The highest BCUT2D eigenvalue weighted by Crippen LogP contribution is 2.18. The molecule has 2 aromatic rings. The topological polar surface area (TPSA) is 98.3 Å². The first-order chi connectivity index (χ1) is 12.6. The number of halogens is 1. The molecule has 9 nitrogen and oxygen atoms in total. The van der Waals surface area contributed by atoms with Crippen LogP contribution in [0.5, 0.6) is 0 Å². The summed E-state index contributed by atoms with van der Waals surface area (Å²) in [6, 6.07) is 6.65. The van der Waals surface area contributed by atoms with E-state index in [-0.39, 0.29) is 11.2 Å². The first-order valence-corrected chi connectivity index (χ1v) is 8.66. The van der Waals surface area contributed by atoms with E-state index in [9.17, 15) is 4.79 Å². The molecule has 3 heterocycles. The Morgan fingerprint density at radius 1 is 1.19 bits per heavy atom. The summed E-state index contributed by atoms with van der Waals surface area (Å²) >= 11 is 5.67. The first-order valence-electron chi connectivity index (χ1n) is 8.28. The van der Waals surface area contributed by atoms with Gasteiger partial charge in [0.05, 0.1) is 0 Å². The highest BCUT2D eigenvalue weighted by molar-refractivity contribution is 6.29. The van der Waals surface area contributed by atoms with Crippen molar-refractivity contribution in [2.75, 3.05) is 43.6 Å². The number of carbonyl (C=O) groups excluding carboxylic acids is 1. The lowest BCUT2D eigenvalue weighted by Crippen LogP contribution is -2.45. The third kappa shape index (κ3) is 4.93. The molecule has 0 unspecified atom stereocenters. The molecule has 1 fully saturated rings. The molecular formula is C16H21ClN8O. The minimum absolute atomic E-state index is 0.285. The van der Waals surface area contributed by atoms with Crippen molar-refractivity contribution in [1.29, 1.82) is 0 Å². The normalized spacial score (nSPS) is 14.8. The third-order valence-electron chi connectivity index (χ3n) is 4.05. The predicted molar refractivity (Wildman–Crippen MR) is 100.0 cm³/mol. The zero-order valence-electron chi connectivity index (χ0n) is 14.4. The predicted octanol–water partition coefficient (Wildman–Crippen LogP) is 1.10. The molecule has 0 spiro atoms. The number of aromatic nitrogens is 3. The minimum Gasteiger partial charge on any atom is -0.354 e. The van der Waals surface area contributed by atoms with Crippen molar-refractivity contribution >= 4 is 29.3 Å². The van der Waals surface area contributed by atoms with E-state index in [4.69, 9.17) is 11.6 Å². The number of anilines is 2. The van der Waals surface area contributed by atoms with Gasteiger partial charge in [-0.15, -0.1) is 10.2 Å². The second-order valence-corrected chi connectivity index (χ2v) is 6.34. The summed E-state index contributed by atoms with van der Waals surface area (Å²) in [4.78, 5) is 21.0. The van der Waals surface area contributed by atoms with Gasteiger partial charge in [-0.1, -0.05) is 17.7 Å². The number of carbonyl (C=O) groups is 1. The molecule has 10 heteroatoms. The van der Waals surface area contributed by atoms with Crippen LogP contribution in [-0.4, -0.2) is 59.3 Å². The molecule has 3 rings (SSSR count). The first kappa shape index (κ1) is 18.2. The summed E-state index contributed by atoms with van der Waals surface area (Å²) in [6.45, 7) is 4.20. The van der Waals surface area contributed by atoms with Crippen LogP contribution in [0, 0.1) is 0 Å². The Balaban J connectivity index is 1.52. The lowest BCUT2D eigenvalue weighted by molar-refractivity contribution is 0.242. The number of piperazine rings is 1. The highest BCUT2D eigenvalue weighted by Gasteiger charge is 2.18. The fraction of sp³-hybridized carbons (Fsp3) is 0.375. The molecular weight excluding hydrogens is 356 g/mol. The maximum absolute atomic E-state index is 12.0. The van der Waals surface area contributed by atoms with Gasteiger partial charge >= 0.3 is 6.03 Å². The van der Waals surface area contributed by atoms with E-state index in [1.165, 1.54) is 0 Å². The van der Waals surface area contributed by atoms with E-state index in [2.05, 4.69) is 48.2 Å². The van der Waals surface area contributed by atoms with Crippen molar-refractivity contribution in [1.82, 2.24) is 30.8 Å². The van der Waals surface area contributed by atoms with Crippen molar-refractivity contribution in [2.24, 2.45) is 0 Å². The summed E-state index contributed by atoms with van der Waals surface area (Å²) < 4.78 is 0. The minimum atomic E-state index is -0.380. The number of urea groups is 1. The quantitative estimate of drug-likeness (QED) is 0.672. The van der Waals surface area contributed by atoms with Crippen LogP contribution in [0.4, 0.5) is 16.4 Å². The Morgan fingerprint density at radius 3 is 2.73 bits per heavy atom.